The van der Waals surface area contributed by atoms with E-state index in [0.29, 0.717) is 19.3 Å². The largest absolute Gasteiger partial charge is 0.462 e. The number of hydrogen-bond acceptors (Lipinski definition) is 6. The summed E-state index contributed by atoms with van der Waals surface area (Å²) in [5.74, 6) is -0.882. The van der Waals surface area contributed by atoms with Crippen molar-refractivity contribution in [3.63, 3.8) is 0 Å². The fourth-order valence-corrected chi connectivity index (χ4v) is 9.58. The van der Waals surface area contributed by atoms with E-state index in [4.69, 9.17) is 14.2 Å². The molecule has 0 aromatic carbocycles. The molecular formula is C72H126O6. The average Bonchev–Trinajstić information content (AvgIpc) is 3.44. The lowest BCUT2D eigenvalue weighted by Gasteiger charge is -2.18. The zero-order chi connectivity index (χ0) is 56.4. The molecule has 0 saturated heterocycles. The molecule has 0 spiro atoms. The smallest absolute Gasteiger partial charge is 0.306 e. The third kappa shape index (κ3) is 63.4. The summed E-state index contributed by atoms with van der Waals surface area (Å²) in [6.45, 7) is 6.54. The van der Waals surface area contributed by atoms with Gasteiger partial charge in [-0.05, 0) is 116 Å². The topological polar surface area (TPSA) is 78.9 Å². The molecule has 78 heavy (non-hydrogen) atoms. The zero-order valence-corrected chi connectivity index (χ0v) is 51.7. The van der Waals surface area contributed by atoms with Gasteiger partial charge in [0.2, 0.25) is 0 Å². The normalized spacial score (nSPS) is 12.6. The molecule has 0 fully saturated rings. The molecule has 0 aliphatic heterocycles. The highest BCUT2D eigenvalue weighted by atomic mass is 16.6. The Morgan fingerprint density at radius 2 is 0.500 bits per heavy atom. The number of allylic oxidation sites excluding steroid dienone is 14. The number of hydrogen-bond donors (Lipinski definition) is 0. The Bertz CT molecular complexity index is 1480. The number of ether oxygens (including phenoxy) is 3. The van der Waals surface area contributed by atoms with Crippen LogP contribution in [0, 0.1) is 0 Å². The van der Waals surface area contributed by atoms with Gasteiger partial charge < -0.3 is 14.2 Å². The van der Waals surface area contributed by atoms with Crippen molar-refractivity contribution in [1.82, 2.24) is 0 Å². The van der Waals surface area contributed by atoms with Crippen LogP contribution in [-0.4, -0.2) is 37.2 Å². The Hall–Kier alpha value is -3.41. The van der Waals surface area contributed by atoms with Crippen molar-refractivity contribution >= 4 is 17.9 Å². The van der Waals surface area contributed by atoms with E-state index in [2.05, 4.69) is 106 Å². The molecule has 0 aromatic heterocycles. The summed E-state index contributed by atoms with van der Waals surface area (Å²) in [5, 5.41) is 0. The van der Waals surface area contributed by atoms with E-state index in [9.17, 15) is 14.4 Å². The first-order valence-corrected chi connectivity index (χ1v) is 33.6. The van der Waals surface area contributed by atoms with Crippen molar-refractivity contribution in [3.8, 4) is 0 Å². The zero-order valence-electron chi connectivity index (χ0n) is 51.7. The molecule has 0 radical (unpaired) electrons. The van der Waals surface area contributed by atoms with E-state index in [1.807, 2.05) is 0 Å². The molecular weight excluding hydrogens is 961 g/mol. The van der Waals surface area contributed by atoms with Gasteiger partial charge in [-0.15, -0.1) is 0 Å². The lowest BCUT2D eigenvalue weighted by molar-refractivity contribution is -0.167. The molecule has 6 heteroatoms. The monoisotopic (exact) mass is 1090 g/mol. The van der Waals surface area contributed by atoms with Crippen molar-refractivity contribution in [3.05, 3.63) is 85.1 Å². The molecule has 0 heterocycles. The quantitative estimate of drug-likeness (QED) is 0.0261. The maximum Gasteiger partial charge on any atom is 0.306 e. The Balaban J connectivity index is 4.40. The summed E-state index contributed by atoms with van der Waals surface area (Å²) in [6, 6.07) is 0. The van der Waals surface area contributed by atoms with Gasteiger partial charge in [-0.25, -0.2) is 0 Å². The number of esters is 3. The van der Waals surface area contributed by atoms with Crippen LogP contribution in [0.25, 0.3) is 0 Å². The molecule has 450 valence electrons. The van der Waals surface area contributed by atoms with Crippen molar-refractivity contribution in [2.45, 2.75) is 341 Å². The van der Waals surface area contributed by atoms with Crippen LogP contribution in [0.1, 0.15) is 335 Å². The third-order valence-corrected chi connectivity index (χ3v) is 14.6. The van der Waals surface area contributed by atoms with Crippen LogP contribution in [0.2, 0.25) is 0 Å². The first-order valence-electron chi connectivity index (χ1n) is 33.6. The second kappa shape index (κ2) is 66.1. The van der Waals surface area contributed by atoms with Gasteiger partial charge in [0.1, 0.15) is 13.2 Å². The first kappa shape index (κ1) is 74.6. The summed E-state index contributed by atoms with van der Waals surface area (Å²) in [7, 11) is 0. The predicted octanol–water partition coefficient (Wildman–Crippen LogP) is 23.1. The molecule has 1 atom stereocenters. The highest BCUT2D eigenvalue weighted by Crippen LogP contribution is 2.16. The Morgan fingerprint density at radius 3 is 0.795 bits per heavy atom. The summed E-state index contributed by atoms with van der Waals surface area (Å²) in [6.07, 6.45) is 87.3. The van der Waals surface area contributed by atoms with Gasteiger partial charge in [-0.3, -0.25) is 14.4 Å². The Labute approximate surface area is 484 Å². The fraction of sp³-hybridized carbons (Fsp3) is 0.764. The first-order chi connectivity index (χ1) is 38.5. The average molecular weight is 1090 g/mol. The lowest BCUT2D eigenvalue weighted by atomic mass is 10.1. The fourth-order valence-electron chi connectivity index (χ4n) is 9.58. The second-order valence-corrected chi connectivity index (χ2v) is 22.3. The maximum atomic E-state index is 12.9. The van der Waals surface area contributed by atoms with Gasteiger partial charge in [-0.1, -0.05) is 286 Å². The number of carbonyl (C=O) groups excluding carboxylic acids is 3. The van der Waals surface area contributed by atoms with Gasteiger partial charge in [-0.2, -0.15) is 0 Å². The number of carbonyl (C=O) groups is 3. The van der Waals surface area contributed by atoms with Crippen LogP contribution < -0.4 is 0 Å². The third-order valence-electron chi connectivity index (χ3n) is 14.6. The van der Waals surface area contributed by atoms with E-state index in [1.165, 1.54) is 199 Å². The summed E-state index contributed by atoms with van der Waals surface area (Å²) < 4.78 is 17.0. The Morgan fingerprint density at radius 1 is 0.269 bits per heavy atom. The molecule has 6 nitrogen and oxygen atoms in total. The van der Waals surface area contributed by atoms with Crippen molar-refractivity contribution in [2.24, 2.45) is 0 Å². The van der Waals surface area contributed by atoms with Crippen molar-refractivity contribution < 1.29 is 28.6 Å². The number of rotatable bonds is 61. The van der Waals surface area contributed by atoms with Gasteiger partial charge >= 0.3 is 17.9 Å². The predicted molar refractivity (Wildman–Crippen MR) is 339 cm³/mol. The molecule has 0 aliphatic rings. The van der Waals surface area contributed by atoms with Crippen LogP contribution >= 0.6 is 0 Å². The van der Waals surface area contributed by atoms with Crippen molar-refractivity contribution in [1.29, 1.82) is 0 Å². The van der Waals surface area contributed by atoms with E-state index < -0.39 is 6.10 Å². The second-order valence-electron chi connectivity index (χ2n) is 22.3. The van der Waals surface area contributed by atoms with E-state index >= 15 is 0 Å². The van der Waals surface area contributed by atoms with Gasteiger partial charge in [0.15, 0.2) is 6.10 Å². The van der Waals surface area contributed by atoms with E-state index in [0.717, 1.165) is 96.3 Å². The van der Waals surface area contributed by atoms with E-state index in [1.54, 1.807) is 0 Å². The Kier molecular flexibility index (Phi) is 63.2. The van der Waals surface area contributed by atoms with Crippen LogP contribution in [-0.2, 0) is 28.6 Å². The van der Waals surface area contributed by atoms with Crippen LogP contribution in [0.4, 0.5) is 0 Å². The molecule has 0 N–H and O–H groups in total. The molecule has 0 aliphatic carbocycles. The van der Waals surface area contributed by atoms with Crippen LogP contribution in [0.5, 0.6) is 0 Å². The summed E-state index contributed by atoms with van der Waals surface area (Å²) >= 11 is 0. The number of unbranched alkanes of at least 4 members (excludes halogenated alkanes) is 36. The lowest BCUT2D eigenvalue weighted by Crippen LogP contribution is -2.30. The minimum absolute atomic E-state index is 0.0816. The molecule has 0 rings (SSSR count). The highest BCUT2D eigenvalue weighted by Gasteiger charge is 2.19. The standard InChI is InChI=1S/C72H126O6/c1-4-7-10-13-16-19-22-25-28-31-34-36-38-41-44-47-50-53-56-59-62-65-71(74)77-68-69(67-76-70(73)64-61-58-55-52-49-46-43-40-33-30-27-24-21-18-15-12-9-6-3)78-72(75)66-63-60-57-54-51-48-45-42-39-37-35-32-29-26-23-20-17-14-11-8-5-2/h7,10,16,19,23,25-26,28,30,32-36,69H,4-6,8-9,11-15,17-18,20-22,24,27,29,31,37-68H2,1-3H3/b10-7-,19-16-,26-23-,28-25-,33-30-,35-32-,36-34-. The molecule has 0 amide bonds. The van der Waals surface area contributed by atoms with Crippen molar-refractivity contribution in [2.75, 3.05) is 13.2 Å². The summed E-state index contributed by atoms with van der Waals surface area (Å²) in [4.78, 5) is 38.4. The minimum Gasteiger partial charge on any atom is -0.462 e. The minimum atomic E-state index is -0.786. The van der Waals surface area contributed by atoms with Crippen LogP contribution in [0.15, 0.2) is 85.1 Å². The maximum absolute atomic E-state index is 12.9. The molecule has 0 aromatic rings. The molecule has 1 unspecified atom stereocenters. The summed E-state index contributed by atoms with van der Waals surface area (Å²) in [5.41, 5.74) is 0. The molecule has 0 saturated carbocycles. The van der Waals surface area contributed by atoms with Crippen LogP contribution in [0.3, 0.4) is 0 Å². The SMILES string of the molecule is CC/C=C\C/C=C\C/C=C\C/C=C\CCCCCCCCCCC(=O)OCC(COC(=O)CCCCCCCCC/C=C\CCCCCCCCC)OC(=O)CCCCCCCCCCC/C=C\C/C=C\CCCCCCC. The van der Waals surface area contributed by atoms with Gasteiger partial charge in [0.05, 0.1) is 0 Å². The highest BCUT2D eigenvalue weighted by molar-refractivity contribution is 5.71. The van der Waals surface area contributed by atoms with Gasteiger partial charge in [0, 0.05) is 19.3 Å². The van der Waals surface area contributed by atoms with Gasteiger partial charge in [0.25, 0.3) is 0 Å². The van der Waals surface area contributed by atoms with E-state index in [-0.39, 0.29) is 31.1 Å². The molecule has 0 bridgehead atoms.